The first-order valence-electron chi connectivity index (χ1n) is 5.24. The second-order valence-electron chi connectivity index (χ2n) is 3.75. The zero-order chi connectivity index (χ0) is 12.5. The molecule has 0 aromatic heterocycles. The summed E-state index contributed by atoms with van der Waals surface area (Å²) in [6, 6.07) is 15.7. The van der Waals surface area contributed by atoms with Crippen LogP contribution >= 0.6 is 23.5 Å². The Bertz CT molecular complexity index is 660. The van der Waals surface area contributed by atoms with Crippen LogP contribution in [0.1, 0.15) is 11.1 Å². The van der Waals surface area contributed by atoms with E-state index in [2.05, 4.69) is 12.1 Å². The monoisotopic (exact) mass is 266 g/mol. The minimum Gasteiger partial charge on any atom is -0.192 e. The first-order chi connectivity index (χ1) is 8.80. The number of nitrogens with zero attached hydrogens (tertiary/aromatic N) is 2. The molecule has 4 heteroatoms. The van der Waals surface area contributed by atoms with Crippen molar-refractivity contribution < 1.29 is 0 Å². The highest BCUT2D eigenvalue weighted by Crippen LogP contribution is 2.48. The summed E-state index contributed by atoms with van der Waals surface area (Å²) in [6.45, 7) is 0. The second-order valence-corrected chi connectivity index (χ2v) is 5.92. The summed E-state index contributed by atoms with van der Waals surface area (Å²) >= 11 is 3.30. The van der Waals surface area contributed by atoms with E-state index >= 15 is 0 Å². The second kappa shape index (κ2) is 4.42. The Labute approximate surface area is 113 Å². The molecular formula is C14H6N2S2. The molecule has 1 aliphatic heterocycles. The van der Waals surface area contributed by atoms with Crippen molar-refractivity contribution in [3.8, 4) is 12.1 Å². The summed E-state index contributed by atoms with van der Waals surface area (Å²) in [5, 5.41) is 17.8. The van der Waals surface area contributed by atoms with Gasteiger partial charge in [-0.1, -0.05) is 23.5 Å². The van der Waals surface area contributed by atoms with E-state index in [9.17, 15) is 0 Å². The van der Waals surface area contributed by atoms with E-state index in [4.69, 9.17) is 10.5 Å². The van der Waals surface area contributed by atoms with Crippen LogP contribution in [0.25, 0.3) is 0 Å². The lowest BCUT2D eigenvalue weighted by Crippen LogP contribution is -1.91. The summed E-state index contributed by atoms with van der Waals surface area (Å²) in [5.41, 5.74) is 1.36. The highest BCUT2D eigenvalue weighted by molar-refractivity contribution is 8.05. The number of hydrogen-bond donors (Lipinski definition) is 0. The summed E-state index contributed by atoms with van der Waals surface area (Å²) in [4.78, 5) is 4.50. The average molecular weight is 266 g/mol. The van der Waals surface area contributed by atoms with Crippen molar-refractivity contribution in [3.05, 3.63) is 47.5 Å². The van der Waals surface area contributed by atoms with Gasteiger partial charge in [0.25, 0.3) is 0 Å². The molecule has 1 heterocycles. The Hall–Kier alpha value is -1.88. The van der Waals surface area contributed by atoms with Crippen LogP contribution in [0.2, 0.25) is 0 Å². The summed E-state index contributed by atoms with van der Waals surface area (Å²) in [6.07, 6.45) is 0. The van der Waals surface area contributed by atoms with Crippen molar-refractivity contribution in [3.63, 3.8) is 0 Å². The van der Waals surface area contributed by atoms with Crippen LogP contribution in [-0.4, -0.2) is 0 Å². The van der Waals surface area contributed by atoms with Crippen molar-refractivity contribution >= 4 is 23.5 Å². The van der Waals surface area contributed by atoms with Gasteiger partial charge < -0.3 is 0 Å². The van der Waals surface area contributed by atoms with E-state index in [1.807, 2.05) is 36.4 Å². The maximum absolute atomic E-state index is 8.90. The van der Waals surface area contributed by atoms with E-state index < -0.39 is 0 Å². The number of rotatable bonds is 0. The van der Waals surface area contributed by atoms with Gasteiger partial charge in [-0.3, -0.25) is 0 Å². The fourth-order valence-electron chi connectivity index (χ4n) is 1.72. The molecule has 2 nitrogen and oxygen atoms in total. The van der Waals surface area contributed by atoms with Gasteiger partial charge in [-0.15, -0.1) is 0 Å². The van der Waals surface area contributed by atoms with Crippen molar-refractivity contribution in [1.29, 1.82) is 10.5 Å². The molecule has 0 spiro atoms. The molecule has 84 valence electrons. The van der Waals surface area contributed by atoms with Crippen LogP contribution in [0.4, 0.5) is 0 Å². The van der Waals surface area contributed by atoms with E-state index in [-0.39, 0.29) is 0 Å². The fourth-order valence-corrected chi connectivity index (χ4v) is 3.99. The first-order valence-corrected chi connectivity index (χ1v) is 6.87. The third-order valence-electron chi connectivity index (χ3n) is 2.59. The topological polar surface area (TPSA) is 47.6 Å². The average Bonchev–Trinajstić information content (AvgIpc) is 2.43. The van der Waals surface area contributed by atoms with Crippen LogP contribution in [-0.2, 0) is 0 Å². The number of benzene rings is 2. The standard InChI is InChI=1S/C14H6N2S2/c15-7-9-1-3-11-13(5-9)18-12-4-2-10(8-16)6-14(12)17-11/h1-6H. The largest absolute Gasteiger partial charge is 0.192 e. The van der Waals surface area contributed by atoms with Crippen molar-refractivity contribution in [2.45, 2.75) is 19.6 Å². The fraction of sp³-hybridized carbons (Fsp3) is 0. The molecule has 2 aromatic rings. The van der Waals surface area contributed by atoms with E-state index in [0.717, 1.165) is 19.6 Å². The smallest absolute Gasteiger partial charge is 0.0992 e. The molecule has 0 bridgehead atoms. The molecule has 1 aliphatic rings. The summed E-state index contributed by atoms with van der Waals surface area (Å²) in [7, 11) is 0. The maximum atomic E-state index is 8.90. The Morgan fingerprint density at radius 3 is 1.50 bits per heavy atom. The zero-order valence-corrected chi connectivity index (χ0v) is 10.8. The van der Waals surface area contributed by atoms with Gasteiger partial charge in [0.05, 0.1) is 23.3 Å². The molecule has 0 saturated carbocycles. The van der Waals surface area contributed by atoms with Crippen LogP contribution in [0.15, 0.2) is 56.0 Å². The molecule has 0 saturated heterocycles. The van der Waals surface area contributed by atoms with E-state index in [0.29, 0.717) is 11.1 Å². The van der Waals surface area contributed by atoms with Crippen LogP contribution in [0.3, 0.4) is 0 Å². The van der Waals surface area contributed by atoms with Crippen molar-refractivity contribution in [1.82, 2.24) is 0 Å². The molecule has 0 N–H and O–H groups in total. The molecule has 0 radical (unpaired) electrons. The predicted molar refractivity (Wildman–Crippen MR) is 70.6 cm³/mol. The Balaban J connectivity index is 2.07. The third-order valence-corrected chi connectivity index (χ3v) is 5.11. The normalized spacial score (nSPS) is 11.9. The number of nitriles is 2. The van der Waals surface area contributed by atoms with Gasteiger partial charge in [0.15, 0.2) is 0 Å². The lowest BCUT2D eigenvalue weighted by atomic mass is 10.2. The van der Waals surface area contributed by atoms with Gasteiger partial charge in [0.1, 0.15) is 0 Å². The van der Waals surface area contributed by atoms with Crippen LogP contribution in [0, 0.1) is 22.7 Å². The van der Waals surface area contributed by atoms with Gasteiger partial charge in [0, 0.05) is 19.6 Å². The quantitative estimate of drug-likeness (QED) is 0.616. The highest BCUT2D eigenvalue weighted by atomic mass is 32.2. The van der Waals surface area contributed by atoms with E-state index in [1.165, 1.54) is 0 Å². The first kappa shape index (κ1) is 11.2. The third kappa shape index (κ3) is 1.86. The molecular weight excluding hydrogens is 260 g/mol. The lowest BCUT2D eigenvalue weighted by Gasteiger charge is -2.18. The molecule has 0 fully saturated rings. The molecule has 0 amide bonds. The lowest BCUT2D eigenvalue weighted by molar-refractivity contribution is 1.15. The molecule has 18 heavy (non-hydrogen) atoms. The van der Waals surface area contributed by atoms with Gasteiger partial charge >= 0.3 is 0 Å². The summed E-state index contributed by atoms with van der Waals surface area (Å²) < 4.78 is 0. The zero-order valence-electron chi connectivity index (χ0n) is 9.18. The minimum atomic E-state index is 0.680. The maximum Gasteiger partial charge on any atom is 0.0992 e. The Kier molecular flexibility index (Phi) is 2.76. The van der Waals surface area contributed by atoms with Gasteiger partial charge in [-0.05, 0) is 36.4 Å². The number of hydrogen-bond acceptors (Lipinski definition) is 4. The van der Waals surface area contributed by atoms with Crippen molar-refractivity contribution in [2.75, 3.05) is 0 Å². The summed E-state index contributed by atoms with van der Waals surface area (Å²) in [5.74, 6) is 0. The van der Waals surface area contributed by atoms with Gasteiger partial charge in [-0.25, -0.2) is 0 Å². The Morgan fingerprint density at radius 2 is 1.11 bits per heavy atom. The van der Waals surface area contributed by atoms with Crippen LogP contribution in [0.5, 0.6) is 0 Å². The van der Waals surface area contributed by atoms with Gasteiger partial charge in [0.2, 0.25) is 0 Å². The number of fused-ring (bicyclic) bond motifs is 2. The van der Waals surface area contributed by atoms with E-state index in [1.54, 1.807) is 23.5 Å². The van der Waals surface area contributed by atoms with Crippen LogP contribution < -0.4 is 0 Å². The van der Waals surface area contributed by atoms with Gasteiger partial charge in [-0.2, -0.15) is 10.5 Å². The predicted octanol–water partition coefficient (Wildman–Crippen LogP) is 4.05. The molecule has 2 aromatic carbocycles. The molecule has 0 atom stereocenters. The van der Waals surface area contributed by atoms with Crippen molar-refractivity contribution in [2.24, 2.45) is 0 Å². The SMILES string of the molecule is N#Cc1ccc2c(c1)Sc1ccc(C#N)cc1S2. The highest BCUT2D eigenvalue weighted by Gasteiger charge is 2.17. The molecule has 3 rings (SSSR count). The minimum absolute atomic E-state index is 0.680. The molecule has 0 unspecified atom stereocenters. The molecule has 0 aliphatic carbocycles. The Morgan fingerprint density at radius 1 is 0.667 bits per heavy atom.